The molecule has 0 aliphatic heterocycles. The second-order valence-electron chi connectivity index (χ2n) is 7.40. The van der Waals surface area contributed by atoms with Crippen LogP contribution in [0.15, 0.2) is 17.0 Å². The third kappa shape index (κ3) is 5.54. The lowest BCUT2D eigenvalue weighted by Crippen LogP contribution is -2.39. The lowest BCUT2D eigenvalue weighted by molar-refractivity contribution is -0.121. The van der Waals surface area contributed by atoms with Gasteiger partial charge < -0.3 is 5.32 Å². The lowest BCUT2D eigenvalue weighted by Gasteiger charge is -2.26. The molecular formula is C19H30N2O3S. The highest BCUT2D eigenvalue weighted by Gasteiger charge is 2.21. The molecule has 140 valence electrons. The zero-order valence-electron chi connectivity index (χ0n) is 15.7. The molecule has 0 heterocycles. The van der Waals surface area contributed by atoms with Crippen LogP contribution in [0.25, 0.3) is 0 Å². The summed E-state index contributed by atoms with van der Waals surface area (Å²) in [6.45, 7) is 7.89. The summed E-state index contributed by atoms with van der Waals surface area (Å²) >= 11 is 0. The largest absolute Gasteiger partial charge is 0.353 e. The maximum absolute atomic E-state index is 12.5. The predicted octanol–water partition coefficient (Wildman–Crippen LogP) is 2.98. The number of hydrogen-bond donors (Lipinski definition) is 2. The minimum absolute atomic E-state index is 0.0837. The van der Waals surface area contributed by atoms with Gasteiger partial charge in [0.1, 0.15) is 0 Å². The number of benzene rings is 1. The molecule has 0 spiro atoms. The molecule has 1 fully saturated rings. The van der Waals surface area contributed by atoms with Crippen LogP contribution in [0, 0.1) is 26.7 Å². The first-order valence-electron chi connectivity index (χ1n) is 9.06. The Bertz CT molecular complexity index is 697. The van der Waals surface area contributed by atoms with Crippen molar-refractivity contribution < 1.29 is 13.2 Å². The van der Waals surface area contributed by atoms with E-state index in [-0.39, 0.29) is 24.9 Å². The molecule has 2 rings (SSSR count). The number of aryl methyl sites for hydroxylation is 3. The van der Waals surface area contributed by atoms with Gasteiger partial charge in [-0.05, 0) is 63.5 Å². The monoisotopic (exact) mass is 366 g/mol. The van der Waals surface area contributed by atoms with Gasteiger partial charge in [0.05, 0.1) is 4.90 Å². The number of carbonyl (C=O) groups excluding carboxylic acids is 1. The zero-order chi connectivity index (χ0) is 18.6. The Hall–Kier alpha value is -1.40. The first-order valence-corrected chi connectivity index (χ1v) is 10.5. The van der Waals surface area contributed by atoms with Crippen molar-refractivity contribution in [1.29, 1.82) is 0 Å². The molecule has 0 atom stereocenters. The Morgan fingerprint density at radius 1 is 1.08 bits per heavy atom. The summed E-state index contributed by atoms with van der Waals surface area (Å²) in [6, 6.07) is 3.96. The summed E-state index contributed by atoms with van der Waals surface area (Å²) in [5, 5.41) is 3.02. The molecule has 0 unspecified atom stereocenters. The SMILES string of the molecule is Cc1cc(C)c(S(=O)(=O)NCCC(=O)NC2CCC(C)CC2)c(C)c1. The van der Waals surface area contributed by atoms with Gasteiger partial charge in [0.25, 0.3) is 0 Å². The normalized spacial score (nSPS) is 21.1. The summed E-state index contributed by atoms with van der Waals surface area (Å²) in [4.78, 5) is 12.4. The molecule has 1 saturated carbocycles. The highest BCUT2D eigenvalue weighted by Crippen LogP contribution is 2.23. The minimum atomic E-state index is -3.60. The van der Waals surface area contributed by atoms with E-state index >= 15 is 0 Å². The summed E-state index contributed by atoms with van der Waals surface area (Å²) in [5.74, 6) is 0.653. The van der Waals surface area contributed by atoms with Gasteiger partial charge in [-0.1, -0.05) is 24.6 Å². The standard InChI is InChI=1S/C19H30N2O3S/c1-13-5-7-17(8-6-13)21-18(22)9-10-20-25(23,24)19-15(3)11-14(2)12-16(19)4/h11-13,17,20H,5-10H2,1-4H3,(H,21,22). The van der Waals surface area contributed by atoms with Crippen LogP contribution in [0.1, 0.15) is 55.7 Å². The number of amides is 1. The van der Waals surface area contributed by atoms with Gasteiger partial charge >= 0.3 is 0 Å². The van der Waals surface area contributed by atoms with Gasteiger partial charge in [-0.25, -0.2) is 13.1 Å². The second-order valence-corrected chi connectivity index (χ2v) is 9.10. The summed E-state index contributed by atoms with van der Waals surface area (Å²) in [7, 11) is -3.60. The Kier molecular flexibility index (Phi) is 6.63. The van der Waals surface area contributed by atoms with E-state index < -0.39 is 10.0 Å². The van der Waals surface area contributed by atoms with Crippen LogP contribution in [0.2, 0.25) is 0 Å². The van der Waals surface area contributed by atoms with Crippen molar-refractivity contribution in [3.05, 3.63) is 28.8 Å². The maximum atomic E-state index is 12.5. The Labute approximate surface area is 151 Å². The zero-order valence-corrected chi connectivity index (χ0v) is 16.5. The molecule has 25 heavy (non-hydrogen) atoms. The summed E-state index contributed by atoms with van der Waals surface area (Å²) in [6.07, 6.45) is 4.48. The van der Waals surface area contributed by atoms with Crippen molar-refractivity contribution in [2.45, 2.75) is 70.7 Å². The van der Waals surface area contributed by atoms with E-state index in [2.05, 4.69) is 17.0 Å². The third-order valence-electron chi connectivity index (χ3n) is 4.90. The van der Waals surface area contributed by atoms with Crippen molar-refractivity contribution in [1.82, 2.24) is 10.0 Å². The van der Waals surface area contributed by atoms with E-state index in [4.69, 9.17) is 0 Å². The van der Waals surface area contributed by atoms with Crippen LogP contribution in [-0.4, -0.2) is 26.9 Å². The van der Waals surface area contributed by atoms with Crippen molar-refractivity contribution in [3.8, 4) is 0 Å². The van der Waals surface area contributed by atoms with Crippen LogP contribution in [0.3, 0.4) is 0 Å². The maximum Gasteiger partial charge on any atom is 0.241 e. The van der Waals surface area contributed by atoms with E-state index in [1.807, 2.05) is 19.1 Å². The van der Waals surface area contributed by atoms with Crippen LogP contribution < -0.4 is 10.0 Å². The fourth-order valence-corrected chi connectivity index (χ4v) is 5.15. The Morgan fingerprint density at radius 2 is 1.64 bits per heavy atom. The molecule has 1 aliphatic carbocycles. The molecule has 0 bridgehead atoms. The fourth-order valence-electron chi connectivity index (χ4n) is 3.67. The topological polar surface area (TPSA) is 75.3 Å². The second kappa shape index (κ2) is 8.32. The highest BCUT2D eigenvalue weighted by atomic mass is 32.2. The number of nitrogens with one attached hydrogen (secondary N) is 2. The lowest BCUT2D eigenvalue weighted by atomic mass is 9.87. The molecule has 1 amide bonds. The van der Waals surface area contributed by atoms with Crippen LogP contribution in [0.5, 0.6) is 0 Å². The molecule has 0 saturated heterocycles. The first-order chi connectivity index (χ1) is 11.7. The average molecular weight is 367 g/mol. The van der Waals surface area contributed by atoms with Gasteiger partial charge in [0.15, 0.2) is 0 Å². The van der Waals surface area contributed by atoms with E-state index in [0.29, 0.717) is 4.90 Å². The van der Waals surface area contributed by atoms with E-state index in [1.54, 1.807) is 13.8 Å². The number of hydrogen-bond acceptors (Lipinski definition) is 3. The number of rotatable bonds is 6. The summed E-state index contributed by atoms with van der Waals surface area (Å²) < 4.78 is 27.7. The van der Waals surface area contributed by atoms with Crippen molar-refractivity contribution in [3.63, 3.8) is 0 Å². The number of carbonyl (C=O) groups is 1. The average Bonchev–Trinajstić information content (AvgIpc) is 2.48. The van der Waals surface area contributed by atoms with Gasteiger partial charge in [0, 0.05) is 19.0 Å². The van der Waals surface area contributed by atoms with Gasteiger partial charge in [-0.15, -0.1) is 0 Å². The van der Waals surface area contributed by atoms with E-state index in [1.165, 1.54) is 0 Å². The Balaban J connectivity index is 1.87. The summed E-state index contributed by atoms with van der Waals surface area (Å²) in [5.41, 5.74) is 2.49. The quantitative estimate of drug-likeness (QED) is 0.813. The number of sulfonamides is 1. The van der Waals surface area contributed by atoms with Crippen molar-refractivity contribution in [2.75, 3.05) is 6.54 Å². The highest BCUT2D eigenvalue weighted by molar-refractivity contribution is 7.89. The fraction of sp³-hybridized carbons (Fsp3) is 0.632. The van der Waals surface area contributed by atoms with Crippen molar-refractivity contribution >= 4 is 15.9 Å². The molecule has 5 nitrogen and oxygen atoms in total. The van der Waals surface area contributed by atoms with Crippen LogP contribution >= 0.6 is 0 Å². The third-order valence-corrected chi connectivity index (χ3v) is 6.66. The molecule has 6 heteroatoms. The molecule has 1 aromatic rings. The predicted molar refractivity (Wildman–Crippen MR) is 100 cm³/mol. The van der Waals surface area contributed by atoms with Crippen LogP contribution in [0.4, 0.5) is 0 Å². The smallest absolute Gasteiger partial charge is 0.241 e. The molecule has 1 aromatic carbocycles. The Morgan fingerprint density at radius 3 is 2.20 bits per heavy atom. The van der Waals surface area contributed by atoms with Crippen molar-refractivity contribution in [2.24, 2.45) is 5.92 Å². The molecule has 2 N–H and O–H groups in total. The van der Waals surface area contributed by atoms with Crippen LogP contribution in [-0.2, 0) is 14.8 Å². The molecule has 0 radical (unpaired) electrons. The molecule has 1 aliphatic rings. The van der Waals surface area contributed by atoms with Gasteiger partial charge in [0.2, 0.25) is 15.9 Å². The van der Waals surface area contributed by atoms with Gasteiger partial charge in [-0.3, -0.25) is 4.79 Å². The molecule has 0 aromatic heterocycles. The minimum Gasteiger partial charge on any atom is -0.353 e. The molecular weight excluding hydrogens is 336 g/mol. The van der Waals surface area contributed by atoms with E-state index in [0.717, 1.165) is 48.3 Å². The van der Waals surface area contributed by atoms with Gasteiger partial charge in [-0.2, -0.15) is 0 Å². The van der Waals surface area contributed by atoms with E-state index in [9.17, 15) is 13.2 Å². The first kappa shape index (κ1) is 19.9.